The lowest BCUT2D eigenvalue weighted by atomic mass is 10.3. The fraction of sp³-hybridized carbons (Fsp3) is 0.818. The second-order valence-corrected chi connectivity index (χ2v) is 10.1. The minimum absolute atomic E-state index is 0.178. The summed E-state index contributed by atoms with van der Waals surface area (Å²) in [4.78, 5) is 4.40. The van der Waals surface area contributed by atoms with Crippen LogP contribution in [0.25, 0.3) is 0 Å². The maximum Gasteiger partial charge on any atom is 0.196 e. The van der Waals surface area contributed by atoms with Crippen molar-refractivity contribution in [3.8, 4) is 6.07 Å². The minimum atomic E-state index is -1.52. The van der Waals surface area contributed by atoms with Crippen LogP contribution in [0, 0.1) is 11.3 Å². The van der Waals surface area contributed by atoms with Gasteiger partial charge in [0.1, 0.15) is 6.07 Å². The molecule has 0 amide bonds. The van der Waals surface area contributed by atoms with E-state index < -0.39 is 8.24 Å². The SMILES string of the molecule is CC(C)N=C(C#N)N(C(C)C)[Si](C)(C)C. The van der Waals surface area contributed by atoms with E-state index in [0.717, 1.165) is 0 Å². The van der Waals surface area contributed by atoms with Gasteiger partial charge in [-0.05, 0) is 27.7 Å². The van der Waals surface area contributed by atoms with Crippen LogP contribution in [0.2, 0.25) is 19.6 Å². The molecule has 0 radical (unpaired) electrons. The molecule has 0 saturated carbocycles. The van der Waals surface area contributed by atoms with E-state index in [-0.39, 0.29) is 6.04 Å². The molecule has 0 aromatic heterocycles. The molecule has 86 valence electrons. The van der Waals surface area contributed by atoms with Crippen molar-refractivity contribution in [2.24, 2.45) is 4.99 Å². The van der Waals surface area contributed by atoms with Crippen molar-refractivity contribution in [1.29, 1.82) is 5.26 Å². The van der Waals surface area contributed by atoms with E-state index in [9.17, 15) is 0 Å². The van der Waals surface area contributed by atoms with Crippen LogP contribution in [0.1, 0.15) is 27.7 Å². The van der Waals surface area contributed by atoms with Crippen molar-refractivity contribution in [3.63, 3.8) is 0 Å². The molecule has 0 aliphatic heterocycles. The lowest BCUT2D eigenvalue weighted by Crippen LogP contribution is -2.53. The Hall–Kier alpha value is -0.823. The van der Waals surface area contributed by atoms with Crippen LogP contribution in [0.3, 0.4) is 0 Å². The van der Waals surface area contributed by atoms with E-state index in [2.05, 4.69) is 49.1 Å². The van der Waals surface area contributed by atoms with Crippen molar-refractivity contribution >= 4 is 14.1 Å². The average Bonchev–Trinajstić information content (AvgIpc) is 1.98. The van der Waals surface area contributed by atoms with Gasteiger partial charge >= 0.3 is 0 Å². The first-order chi connectivity index (χ1) is 6.70. The summed E-state index contributed by atoms with van der Waals surface area (Å²) in [6.07, 6.45) is 0. The number of hydrogen-bond donors (Lipinski definition) is 0. The second-order valence-electron chi connectivity index (χ2n) is 5.29. The van der Waals surface area contributed by atoms with Gasteiger partial charge in [-0.3, -0.25) is 4.99 Å². The average molecular weight is 225 g/mol. The summed E-state index contributed by atoms with van der Waals surface area (Å²) in [5.74, 6) is 0.596. The monoisotopic (exact) mass is 225 g/mol. The summed E-state index contributed by atoms with van der Waals surface area (Å²) in [6, 6.07) is 2.75. The Kier molecular flexibility index (Phi) is 5.02. The van der Waals surface area contributed by atoms with E-state index in [0.29, 0.717) is 11.9 Å². The highest BCUT2D eigenvalue weighted by Crippen LogP contribution is 2.15. The van der Waals surface area contributed by atoms with E-state index in [1.165, 1.54) is 0 Å². The summed E-state index contributed by atoms with van der Waals surface area (Å²) >= 11 is 0. The highest BCUT2D eigenvalue weighted by Gasteiger charge is 2.29. The summed E-state index contributed by atoms with van der Waals surface area (Å²) < 4.78 is 2.20. The van der Waals surface area contributed by atoms with Gasteiger partial charge in [0.05, 0.1) is 0 Å². The first-order valence-corrected chi connectivity index (χ1v) is 8.92. The van der Waals surface area contributed by atoms with Crippen LogP contribution < -0.4 is 0 Å². The zero-order chi connectivity index (χ0) is 12.2. The summed E-state index contributed by atoms with van der Waals surface area (Å²) in [6.45, 7) is 14.9. The number of hydrogen-bond acceptors (Lipinski definition) is 2. The number of aliphatic imine (C=N–C) groups is 1. The molecular formula is C11H23N3Si. The largest absolute Gasteiger partial charge is 0.373 e. The third kappa shape index (κ3) is 4.48. The predicted molar refractivity (Wildman–Crippen MR) is 68.5 cm³/mol. The Labute approximate surface area is 94.9 Å². The highest BCUT2D eigenvalue weighted by atomic mass is 28.3. The van der Waals surface area contributed by atoms with Crippen LogP contribution >= 0.6 is 0 Å². The Morgan fingerprint density at radius 2 is 1.67 bits per heavy atom. The molecule has 3 nitrogen and oxygen atoms in total. The van der Waals surface area contributed by atoms with E-state index in [1.807, 2.05) is 13.8 Å². The topological polar surface area (TPSA) is 39.4 Å². The number of nitriles is 1. The van der Waals surface area contributed by atoms with Crippen LogP contribution in [-0.2, 0) is 0 Å². The normalized spacial score (nSPS) is 13.2. The van der Waals surface area contributed by atoms with Gasteiger partial charge in [-0.15, -0.1) is 0 Å². The van der Waals surface area contributed by atoms with Crippen molar-refractivity contribution in [1.82, 2.24) is 4.57 Å². The molecule has 0 aliphatic rings. The van der Waals surface area contributed by atoms with Crippen LogP contribution in [0.15, 0.2) is 4.99 Å². The van der Waals surface area contributed by atoms with E-state index in [1.54, 1.807) is 0 Å². The van der Waals surface area contributed by atoms with Gasteiger partial charge < -0.3 is 4.57 Å². The molecule has 0 rings (SSSR count). The molecule has 0 saturated heterocycles. The van der Waals surface area contributed by atoms with Crippen LogP contribution in [-0.4, -0.2) is 30.7 Å². The summed E-state index contributed by atoms with van der Waals surface area (Å²) in [5.41, 5.74) is 0. The first-order valence-electron chi connectivity index (χ1n) is 5.47. The molecule has 0 spiro atoms. The molecule has 0 unspecified atom stereocenters. The molecular weight excluding hydrogens is 202 g/mol. The van der Waals surface area contributed by atoms with Gasteiger partial charge in [-0.2, -0.15) is 5.26 Å². The lowest BCUT2D eigenvalue weighted by Gasteiger charge is -2.38. The zero-order valence-electron chi connectivity index (χ0n) is 11.0. The molecule has 15 heavy (non-hydrogen) atoms. The minimum Gasteiger partial charge on any atom is -0.373 e. The van der Waals surface area contributed by atoms with Crippen molar-refractivity contribution in [3.05, 3.63) is 0 Å². The van der Waals surface area contributed by atoms with Crippen molar-refractivity contribution in [2.45, 2.75) is 59.4 Å². The highest BCUT2D eigenvalue weighted by molar-refractivity contribution is 6.76. The Balaban J connectivity index is 5.17. The Morgan fingerprint density at radius 1 is 1.20 bits per heavy atom. The van der Waals surface area contributed by atoms with Gasteiger partial charge in [-0.1, -0.05) is 19.6 Å². The molecule has 4 heteroatoms. The maximum atomic E-state index is 9.16. The molecule has 0 heterocycles. The third-order valence-corrected chi connectivity index (χ3v) is 4.12. The van der Waals surface area contributed by atoms with E-state index >= 15 is 0 Å². The van der Waals surface area contributed by atoms with Gasteiger partial charge in [0.25, 0.3) is 0 Å². The third-order valence-electron chi connectivity index (χ3n) is 1.95. The quantitative estimate of drug-likeness (QED) is 0.421. The van der Waals surface area contributed by atoms with Gasteiger partial charge in [0.2, 0.25) is 0 Å². The predicted octanol–water partition coefficient (Wildman–Crippen LogP) is 2.86. The van der Waals surface area contributed by atoms with Crippen molar-refractivity contribution in [2.75, 3.05) is 0 Å². The van der Waals surface area contributed by atoms with Gasteiger partial charge in [0.15, 0.2) is 14.1 Å². The summed E-state index contributed by atoms with van der Waals surface area (Å²) in [7, 11) is -1.52. The molecule has 0 aromatic carbocycles. The first kappa shape index (κ1) is 14.2. The summed E-state index contributed by atoms with van der Waals surface area (Å²) in [5, 5.41) is 9.16. The van der Waals surface area contributed by atoms with Gasteiger partial charge in [0, 0.05) is 12.1 Å². The van der Waals surface area contributed by atoms with Crippen molar-refractivity contribution < 1.29 is 0 Å². The molecule has 0 aromatic rings. The molecule has 0 fully saturated rings. The Morgan fingerprint density at radius 3 is 1.87 bits per heavy atom. The molecule has 0 N–H and O–H groups in total. The molecule has 0 bridgehead atoms. The fourth-order valence-corrected chi connectivity index (χ4v) is 4.02. The van der Waals surface area contributed by atoms with Gasteiger partial charge in [-0.25, -0.2) is 0 Å². The zero-order valence-corrected chi connectivity index (χ0v) is 12.0. The second kappa shape index (κ2) is 5.31. The van der Waals surface area contributed by atoms with Crippen LogP contribution in [0.4, 0.5) is 0 Å². The van der Waals surface area contributed by atoms with E-state index in [4.69, 9.17) is 5.26 Å². The number of nitrogens with zero attached hydrogens (tertiary/aromatic N) is 3. The standard InChI is InChI=1S/C11H23N3Si/c1-9(2)13-11(8-12)14(10(3)4)15(5,6)7/h9-10H,1-7H3. The van der Waals surface area contributed by atoms with Crippen LogP contribution in [0.5, 0.6) is 0 Å². The number of rotatable bonds is 3. The maximum absolute atomic E-state index is 9.16. The lowest BCUT2D eigenvalue weighted by molar-refractivity contribution is 0.503. The smallest absolute Gasteiger partial charge is 0.196 e. The molecule has 0 aliphatic carbocycles. The fourth-order valence-electron chi connectivity index (χ4n) is 1.73. The molecule has 0 atom stereocenters. The number of amidine groups is 1. The Bertz CT molecular complexity index is 269.